The maximum atomic E-state index is 5.61. The van der Waals surface area contributed by atoms with Crippen molar-refractivity contribution in [3.8, 4) is 0 Å². The number of guanidine groups is 1. The molecule has 0 bridgehead atoms. The Morgan fingerprint density at radius 1 is 1.13 bits per heavy atom. The van der Waals surface area contributed by atoms with Crippen molar-refractivity contribution in [2.45, 2.75) is 82.8 Å². The Hall–Kier alpha value is -0.550. The second kappa shape index (κ2) is 17.1. The normalized spacial score (nSPS) is 14.7. The van der Waals surface area contributed by atoms with E-state index in [2.05, 4.69) is 45.5 Å². The lowest BCUT2D eigenvalue weighted by Crippen LogP contribution is -2.38. The number of ether oxygens (including phenoxy) is 1. The second-order valence-corrected chi connectivity index (χ2v) is 8.30. The van der Waals surface area contributed by atoms with Crippen LogP contribution in [0.1, 0.15) is 77.1 Å². The fourth-order valence-corrected chi connectivity index (χ4v) is 4.22. The van der Waals surface area contributed by atoms with Gasteiger partial charge in [0, 0.05) is 45.3 Å². The van der Waals surface area contributed by atoms with Crippen molar-refractivity contribution in [2.24, 2.45) is 4.99 Å². The molecule has 0 amide bonds. The standard InChI is InChI=1S/C21H40N6OS.HI/c1-4-6-16-28-17-10-15-24-20(22-5-2)23-14-9-13-19-25-26-21(29-3)27(19)18-11-7-8-12-18;/h18H,4-17H2,1-3H3,(H2,22,23,24);1H. The van der Waals surface area contributed by atoms with Gasteiger partial charge in [0.25, 0.3) is 0 Å². The van der Waals surface area contributed by atoms with Gasteiger partial charge in [-0.2, -0.15) is 0 Å². The average Bonchev–Trinajstić information content (AvgIpc) is 3.39. The molecular weight excluding hydrogens is 511 g/mol. The van der Waals surface area contributed by atoms with E-state index in [9.17, 15) is 0 Å². The van der Waals surface area contributed by atoms with Gasteiger partial charge in [0.05, 0.1) is 0 Å². The molecule has 1 heterocycles. The van der Waals surface area contributed by atoms with Crippen LogP contribution in [0.15, 0.2) is 10.1 Å². The van der Waals surface area contributed by atoms with E-state index in [1.165, 1.54) is 32.1 Å². The molecule has 2 rings (SSSR count). The predicted molar refractivity (Wildman–Crippen MR) is 137 cm³/mol. The Balaban J connectivity index is 0.00000450. The van der Waals surface area contributed by atoms with Crippen molar-refractivity contribution in [1.29, 1.82) is 0 Å². The van der Waals surface area contributed by atoms with Gasteiger partial charge in [0.2, 0.25) is 0 Å². The summed E-state index contributed by atoms with van der Waals surface area (Å²) in [7, 11) is 0. The molecule has 1 fully saturated rings. The molecule has 0 unspecified atom stereocenters. The van der Waals surface area contributed by atoms with Crippen LogP contribution >= 0.6 is 35.7 Å². The lowest BCUT2D eigenvalue weighted by atomic mass is 10.2. The van der Waals surface area contributed by atoms with Crippen LogP contribution in [0.2, 0.25) is 0 Å². The van der Waals surface area contributed by atoms with Crippen LogP contribution in [0.5, 0.6) is 0 Å². The first kappa shape index (κ1) is 27.5. The first-order valence-electron chi connectivity index (χ1n) is 11.4. The highest BCUT2D eigenvalue weighted by Crippen LogP contribution is 2.33. The SMILES string of the molecule is CCCCOCCCNC(=NCCCc1nnc(SC)n1C1CCCC1)NCC.I. The third-order valence-electron chi connectivity index (χ3n) is 5.18. The molecule has 0 spiro atoms. The predicted octanol–water partition coefficient (Wildman–Crippen LogP) is 4.43. The minimum absolute atomic E-state index is 0. The summed E-state index contributed by atoms with van der Waals surface area (Å²) in [6, 6.07) is 0.587. The first-order chi connectivity index (χ1) is 14.3. The molecule has 30 heavy (non-hydrogen) atoms. The molecule has 0 aliphatic heterocycles. The molecule has 1 aromatic heterocycles. The van der Waals surface area contributed by atoms with Gasteiger partial charge >= 0.3 is 0 Å². The molecule has 7 nitrogen and oxygen atoms in total. The van der Waals surface area contributed by atoms with Gasteiger partial charge in [0.15, 0.2) is 11.1 Å². The zero-order chi connectivity index (χ0) is 20.7. The lowest BCUT2D eigenvalue weighted by Gasteiger charge is -2.16. The van der Waals surface area contributed by atoms with Crippen molar-refractivity contribution in [2.75, 3.05) is 39.1 Å². The van der Waals surface area contributed by atoms with E-state index in [-0.39, 0.29) is 24.0 Å². The number of unbranched alkanes of at least 4 members (excludes halogenated alkanes) is 1. The van der Waals surface area contributed by atoms with Gasteiger partial charge in [-0.1, -0.05) is 37.9 Å². The Morgan fingerprint density at radius 3 is 2.60 bits per heavy atom. The summed E-state index contributed by atoms with van der Waals surface area (Å²) in [5.41, 5.74) is 0. The van der Waals surface area contributed by atoms with Gasteiger partial charge in [-0.05, 0) is 45.3 Å². The molecule has 1 aliphatic carbocycles. The summed E-state index contributed by atoms with van der Waals surface area (Å²) in [6.45, 7) is 8.49. The number of thioether (sulfide) groups is 1. The van der Waals surface area contributed by atoms with Gasteiger partial charge in [-0.15, -0.1) is 34.2 Å². The Morgan fingerprint density at radius 2 is 1.90 bits per heavy atom. The van der Waals surface area contributed by atoms with Crippen molar-refractivity contribution in [3.05, 3.63) is 5.82 Å². The number of nitrogens with zero attached hydrogens (tertiary/aromatic N) is 4. The third kappa shape index (κ3) is 9.72. The van der Waals surface area contributed by atoms with Crippen LogP contribution in [-0.2, 0) is 11.2 Å². The molecule has 0 radical (unpaired) electrons. The lowest BCUT2D eigenvalue weighted by molar-refractivity contribution is 0.129. The van der Waals surface area contributed by atoms with Gasteiger partial charge in [-0.3, -0.25) is 4.99 Å². The molecule has 2 N–H and O–H groups in total. The number of hydrogen-bond acceptors (Lipinski definition) is 5. The number of nitrogens with one attached hydrogen (secondary N) is 2. The van der Waals surface area contributed by atoms with Crippen molar-refractivity contribution in [3.63, 3.8) is 0 Å². The van der Waals surface area contributed by atoms with Crippen LogP contribution in [0.4, 0.5) is 0 Å². The topological polar surface area (TPSA) is 76.4 Å². The largest absolute Gasteiger partial charge is 0.381 e. The van der Waals surface area contributed by atoms with Crippen LogP contribution < -0.4 is 10.6 Å². The maximum absolute atomic E-state index is 5.61. The third-order valence-corrected chi connectivity index (χ3v) is 5.82. The first-order valence-corrected chi connectivity index (χ1v) is 12.6. The number of hydrogen-bond donors (Lipinski definition) is 2. The van der Waals surface area contributed by atoms with Crippen molar-refractivity contribution < 1.29 is 4.74 Å². The molecule has 1 aromatic rings. The highest BCUT2D eigenvalue weighted by Gasteiger charge is 2.23. The Labute approximate surface area is 204 Å². The Bertz CT molecular complexity index is 592. The molecule has 174 valence electrons. The van der Waals surface area contributed by atoms with E-state index >= 15 is 0 Å². The van der Waals surface area contributed by atoms with E-state index in [4.69, 9.17) is 9.73 Å². The van der Waals surface area contributed by atoms with Gasteiger partial charge in [0.1, 0.15) is 5.82 Å². The number of halogens is 1. The fourth-order valence-electron chi connectivity index (χ4n) is 3.65. The number of aromatic nitrogens is 3. The number of aliphatic imine (C=N–C) groups is 1. The van der Waals surface area contributed by atoms with Crippen LogP contribution in [0.25, 0.3) is 0 Å². The second-order valence-electron chi connectivity index (χ2n) is 7.52. The summed E-state index contributed by atoms with van der Waals surface area (Å²) in [5.74, 6) is 2.02. The summed E-state index contributed by atoms with van der Waals surface area (Å²) in [4.78, 5) is 4.72. The molecule has 0 saturated heterocycles. The molecule has 9 heteroatoms. The molecule has 0 aromatic carbocycles. The average molecular weight is 553 g/mol. The van der Waals surface area contributed by atoms with E-state index in [0.717, 1.165) is 75.5 Å². The van der Waals surface area contributed by atoms with Crippen molar-refractivity contribution >= 4 is 41.7 Å². The maximum Gasteiger partial charge on any atom is 0.191 e. The zero-order valence-corrected chi connectivity index (χ0v) is 22.1. The summed E-state index contributed by atoms with van der Waals surface area (Å²) in [6.07, 6.45) is 12.5. The Kier molecular flexibility index (Phi) is 15.6. The summed E-state index contributed by atoms with van der Waals surface area (Å²) in [5, 5.41) is 16.7. The number of aryl methyl sites for hydroxylation is 1. The van der Waals surface area contributed by atoms with Crippen molar-refractivity contribution in [1.82, 2.24) is 25.4 Å². The zero-order valence-electron chi connectivity index (χ0n) is 19.0. The minimum atomic E-state index is 0. The van der Waals surface area contributed by atoms with Crippen LogP contribution in [-0.4, -0.2) is 59.8 Å². The smallest absolute Gasteiger partial charge is 0.191 e. The van der Waals surface area contributed by atoms with Crippen LogP contribution in [0, 0.1) is 0 Å². The minimum Gasteiger partial charge on any atom is -0.381 e. The highest BCUT2D eigenvalue weighted by molar-refractivity contribution is 14.0. The van der Waals surface area contributed by atoms with E-state index in [1.807, 2.05) is 0 Å². The monoisotopic (exact) mass is 552 g/mol. The van der Waals surface area contributed by atoms with E-state index in [0.29, 0.717) is 6.04 Å². The molecule has 0 atom stereocenters. The quantitative estimate of drug-likeness (QED) is 0.117. The van der Waals surface area contributed by atoms with Gasteiger partial charge < -0.3 is 19.9 Å². The summed E-state index contributed by atoms with van der Waals surface area (Å²) < 4.78 is 8.00. The summed E-state index contributed by atoms with van der Waals surface area (Å²) >= 11 is 1.70. The fraction of sp³-hybridized carbons (Fsp3) is 0.857. The van der Waals surface area contributed by atoms with Gasteiger partial charge in [-0.25, -0.2) is 0 Å². The highest BCUT2D eigenvalue weighted by atomic mass is 127. The number of rotatable bonds is 14. The van der Waals surface area contributed by atoms with Crippen LogP contribution in [0.3, 0.4) is 0 Å². The molecule has 1 aliphatic rings. The van der Waals surface area contributed by atoms with E-state index < -0.39 is 0 Å². The van der Waals surface area contributed by atoms with E-state index in [1.54, 1.807) is 11.8 Å². The molecule has 1 saturated carbocycles. The molecular formula is C21H41IN6OS.